The lowest BCUT2D eigenvalue weighted by molar-refractivity contribution is -0.123. The van der Waals surface area contributed by atoms with Gasteiger partial charge in [-0.15, -0.1) is 0 Å². The number of rotatable bonds is 2. The van der Waals surface area contributed by atoms with Gasteiger partial charge in [-0.25, -0.2) is 19.3 Å². The van der Waals surface area contributed by atoms with Gasteiger partial charge in [0.2, 0.25) is 11.8 Å². The number of ether oxygens (including phenoxy) is 1. The summed E-state index contributed by atoms with van der Waals surface area (Å²) in [5.74, 6) is 2.73. The van der Waals surface area contributed by atoms with Crippen LogP contribution in [0.25, 0.3) is 11.4 Å². The molecule has 8 heteroatoms. The third-order valence-electron chi connectivity index (χ3n) is 4.06. The molecule has 0 fully saturated rings. The monoisotopic (exact) mass is 392 g/mol. The van der Waals surface area contributed by atoms with Crippen molar-refractivity contribution in [2.24, 2.45) is 5.41 Å². The minimum atomic E-state index is -0.574. The molecule has 3 rings (SSSR count). The van der Waals surface area contributed by atoms with Crippen molar-refractivity contribution in [1.82, 2.24) is 14.5 Å². The highest BCUT2D eigenvalue weighted by Gasteiger charge is 2.24. The van der Waals surface area contributed by atoms with Crippen molar-refractivity contribution in [2.75, 3.05) is 12.4 Å². The number of carbonyl (C=O) groups is 2. The zero-order chi connectivity index (χ0) is 21.2. The second-order valence-corrected chi connectivity index (χ2v) is 7.33. The van der Waals surface area contributed by atoms with Gasteiger partial charge in [-0.05, 0) is 36.3 Å². The topological polar surface area (TPSA) is 106 Å². The van der Waals surface area contributed by atoms with E-state index in [1.165, 1.54) is 18.0 Å². The van der Waals surface area contributed by atoms with Crippen molar-refractivity contribution in [2.45, 2.75) is 20.8 Å². The molecular formula is C21H20N4O4. The second kappa shape index (κ2) is 7.64. The number of aromatic nitrogens is 3. The molecule has 0 aliphatic carbocycles. The van der Waals surface area contributed by atoms with Crippen LogP contribution in [0.1, 0.15) is 36.7 Å². The highest BCUT2D eigenvalue weighted by molar-refractivity contribution is 5.94. The van der Waals surface area contributed by atoms with Crippen LogP contribution in [0.2, 0.25) is 0 Å². The summed E-state index contributed by atoms with van der Waals surface area (Å²) >= 11 is 0. The Morgan fingerprint density at radius 2 is 1.90 bits per heavy atom. The maximum atomic E-state index is 12.1. The van der Waals surface area contributed by atoms with E-state index in [1.807, 2.05) is 0 Å². The molecule has 148 valence electrons. The number of anilines is 1. The molecule has 1 aromatic rings. The summed E-state index contributed by atoms with van der Waals surface area (Å²) < 4.78 is 5.91. The third kappa shape index (κ3) is 4.35. The average molecular weight is 392 g/mol. The van der Waals surface area contributed by atoms with Crippen LogP contribution in [0.4, 0.5) is 5.82 Å². The fourth-order valence-corrected chi connectivity index (χ4v) is 2.35. The van der Waals surface area contributed by atoms with Gasteiger partial charge >= 0.3 is 5.97 Å². The summed E-state index contributed by atoms with van der Waals surface area (Å²) in [6.45, 7) is 5.38. The molecule has 2 aliphatic rings. The number of nitrogens with zero attached hydrogens (tertiary/aromatic N) is 3. The molecule has 2 N–H and O–H groups in total. The fraction of sp³-hybridized carbons (Fsp3) is 0.238. The lowest BCUT2D eigenvalue weighted by Crippen LogP contribution is -2.27. The van der Waals surface area contributed by atoms with Crippen LogP contribution < -0.4 is 5.32 Å². The summed E-state index contributed by atoms with van der Waals surface area (Å²) in [5.41, 5.74) is 0.856. The molecule has 0 atom stereocenters. The van der Waals surface area contributed by atoms with E-state index in [9.17, 15) is 14.7 Å². The summed E-state index contributed by atoms with van der Waals surface area (Å²) in [5, 5.41) is 13.2. The number of fused-ring (bicyclic) bond motifs is 1. The molecule has 29 heavy (non-hydrogen) atoms. The van der Waals surface area contributed by atoms with Crippen molar-refractivity contribution >= 4 is 17.7 Å². The molecular weight excluding hydrogens is 372 g/mol. The Morgan fingerprint density at radius 1 is 1.21 bits per heavy atom. The summed E-state index contributed by atoms with van der Waals surface area (Å²) in [6.07, 6.45) is 1.34. The predicted molar refractivity (Wildman–Crippen MR) is 106 cm³/mol. The summed E-state index contributed by atoms with van der Waals surface area (Å²) in [7, 11) is 1.32. The van der Waals surface area contributed by atoms with E-state index < -0.39 is 11.4 Å². The summed E-state index contributed by atoms with van der Waals surface area (Å²) in [4.78, 5) is 32.0. The molecule has 0 aromatic heterocycles. The van der Waals surface area contributed by atoms with Gasteiger partial charge in [-0.3, -0.25) is 4.79 Å². The molecule has 1 aromatic carbocycles. The molecule has 8 nitrogen and oxygen atoms in total. The van der Waals surface area contributed by atoms with E-state index >= 15 is 0 Å². The number of hydrogen-bond acceptors (Lipinski definition) is 6. The van der Waals surface area contributed by atoms with E-state index in [0.717, 1.165) is 0 Å². The standard InChI is InChI=1S/C21H20N4O4/c1-21(2,3)20(28)24-16-11-15-17(23-16)22-12-25(18(15)26)10-9-13-5-7-14(8-6-13)19(27)29-4/h5-8,11-12,26H,1-4H3,(H,24,28). The van der Waals surface area contributed by atoms with Gasteiger partial charge in [-0.2, -0.15) is 0 Å². The average Bonchev–Trinajstić information content (AvgIpc) is 3.10. The Morgan fingerprint density at radius 3 is 2.52 bits per heavy atom. The largest absolute Gasteiger partial charge is 0.493 e. The molecule has 0 saturated carbocycles. The molecule has 0 radical (unpaired) electrons. The van der Waals surface area contributed by atoms with E-state index in [4.69, 9.17) is 0 Å². The Labute approximate surface area is 167 Å². The van der Waals surface area contributed by atoms with Crippen molar-refractivity contribution < 1.29 is 19.4 Å². The molecule has 0 spiro atoms. The van der Waals surface area contributed by atoms with Crippen molar-refractivity contribution in [3.05, 3.63) is 47.8 Å². The molecule has 2 heterocycles. The fourth-order valence-electron chi connectivity index (χ4n) is 2.35. The van der Waals surface area contributed by atoms with Gasteiger partial charge in [0.25, 0.3) is 0 Å². The Balaban J connectivity index is 1.86. The first-order valence-corrected chi connectivity index (χ1v) is 8.78. The first-order chi connectivity index (χ1) is 13.7. The van der Waals surface area contributed by atoms with E-state index in [1.54, 1.807) is 51.1 Å². The number of benzene rings is 1. The lowest BCUT2D eigenvalue weighted by Gasteiger charge is -2.16. The van der Waals surface area contributed by atoms with Gasteiger partial charge in [0.05, 0.1) is 18.2 Å². The molecule has 0 unspecified atom stereocenters. The lowest BCUT2D eigenvalue weighted by atomic mass is 9.96. The van der Waals surface area contributed by atoms with E-state index in [2.05, 4.69) is 32.0 Å². The van der Waals surface area contributed by atoms with Gasteiger partial charge in [0, 0.05) is 17.0 Å². The molecule has 0 saturated heterocycles. The number of amides is 1. The van der Waals surface area contributed by atoms with Crippen molar-refractivity contribution in [3.63, 3.8) is 0 Å². The highest BCUT2D eigenvalue weighted by atomic mass is 16.5. The van der Waals surface area contributed by atoms with Crippen LogP contribution >= 0.6 is 0 Å². The zero-order valence-corrected chi connectivity index (χ0v) is 16.5. The molecule has 0 bridgehead atoms. The highest BCUT2D eigenvalue weighted by Crippen LogP contribution is 2.31. The minimum absolute atomic E-state index is 0.141. The van der Waals surface area contributed by atoms with Crippen LogP contribution in [-0.4, -0.2) is 38.6 Å². The van der Waals surface area contributed by atoms with E-state index in [-0.39, 0.29) is 11.8 Å². The Kier molecular flexibility index (Phi) is 5.24. The number of hydrogen-bond donors (Lipinski definition) is 2. The number of esters is 1. The number of aromatic hydroxyl groups is 1. The van der Waals surface area contributed by atoms with Gasteiger partial charge in [0.1, 0.15) is 12.1 Å². The minimum Gasteiger partial charge on any atom is -0.493 e. The van der Waals surface area contributed by atoms with Crippen LogP contribution in [-0.2, 0) is 9.53 Å². The quantitative estimate of drug-likeness (QED) is 0.513. The van der Waals surface area contributed by atoms with Crippen molar-refractivity contribution in [3.8, 4) is 29.2 Å². The van der Waals surface area contributed by atoms with E-state index in [0.29, 0.717) is 28.3 Å². The normalized spacial score (nSPS) is 10.9. The number of methoxy groups -OCH3 is 1. The Bertz CT molecular complexity index is 1100. The smallest absolute Gasteiger partial charge is 0.337 e. The third-order valence-corrected chi connectivity index (χ3v) is 4.06. The maximum absolute atomic E-state index is 12.1. The molecule has 2 aliphatic heterocycles. The van der Waals surface area contributed by atoms with Gasteiger partial charge in [-0.1, -0.05) is 20.8 Å². The Hall–Kier alpha value is -3.86. The molecule has 1 amide bonds. The zero-order valence-electron chi connectivity index (χ0n) is 16.5. The number of carbonyl (C=O) groups excluding carboxylic acids is 2. The first kappa shape index (κ1) is 19.9. The SMILES string of the molecule is COC(=O)c1ccc(C#Cn2cnc3nc(NC(=O)C(C)(C)C)cc-3c2O)cc1. The van der Waals surface area contributed by atoms with Crippen LogP contribution in [0.15, 0.2) is 36.7 Å². The maximum Gasteiger partial charge on any atom is 0.337 e. The van der Waals surface area contributed by atoms with Gasteiger partial charge in [0.15, 0.2) is 5.82 Å². The first-order valence-electron chi connectivity index (χ1n) is 8.78. The van der Waals surface area contributed by atoms with Crippen molar-refractivity contribution in [1.29, 1.82) is 0 Å². The summed E-state index contributed by atoms with van der Waals surface area (Å²) in [6, 6.07) is 10.9. The predicted octanol–water partition coefficient (Wildman–Crippen LogP) is 2.72. The van der Waals surface area contributed by atoms with Gasteiger partial charge < -0.3 is 15.2 Å². The van der Waals surface area contributed by atoms with Crippen LogP contribution in [0, 0.1) is 17.4 Å². The van der Waals surface area contributed by atoms with Crippen LogP contribution in [0.5, 0.6) is 5.88 Å². The number of nitrogens with one attached hydrogen (secondary N) is 1. The van der Waals surface area contributed by atoms with Crippen LogP contribution in [0.3, 0.4) is 0 Å². The second-order valence-electron chi connectivity index (χ2n) is 7.33.